The Morgan fingerprint density at radius 3 is 2.14 bits per heavy atom. The van der Waals surface area contributed by atoms with Gasteiger partial charge in [-0.3, -0.25) is 4.68 Å². The van der Waals surface area contributed by atoms with Gasteiger partial charge in [0.1, 0.15) is 6.54 Å². The van der Waals surface area contributed by atoms with E-state index in [1.807, 2.05) is 0 Å². The van der Waals surface area contributed by atoms with Gasteiger partial charge in [-0.1, -0.05) is 20.3 Å². The van der Waals surface area contributed by atoms with Crippen molar-refractivity contribution < 1.29 is 13.2 Å². The largest absolute Gasteiger partial charge is 0.408 e. The van der Waals surface area contributed by atoms with Gasteiger partial charge < -0.3 is 0 Å². The Labute approximate surface area is 81.7 Å². The van der Waals surface area contributed by atoms with Crippen molar-refractivity contribution >= 4 is 0 Å². The number of rotatable bonds is 1. The number of halogens is 3. The highest BCUT2D eigenvalue weighted by Crippen LogP contribution is 2.16. The van der Waals surface area contributed by atoms with Crippen molar-refractivity contribution in [3.63, 3.8) is 0 Å². The molecule has 0 spiro atoms. The highest BCUT2D eigenvalue weighted by atomic mass is 19.4. The lowest BCUT2D eigenvalue weighted by Crippen LogP contribution is -2.17. The lowest BCUT2D eigenvalue weighted by molar-refractivity contribution is -0.142. The molecule has 0 N–H and O–H groups in total. The van der Waals surface area contributed by atoms with E-state index in [1.165, 1.54) is 18.8 Å². The normalized spacial score (nSPS) is 10.7. The van der Waals surface area contributed by atoms with Crippen LogP contribution in [-0.4, -0.2) is 16.0 Å². The van der Waals surface area contributed by atoms with E-state index in [0.29, 0.717) is 0 Å². The van der Waals surface area contributed by atoms with E-state index in [9.17, 15) is 13.2 Å². The molecule has 0 aliphatic carbocycles. The predicted molar refractivity (Wildman–Crippen MR) is 49.0 cm³/mol. The molecule has 0 atom stereocenters. The van der Waals surface area contributed by atoms with Crippen LogP contribution in [0.5, 0.6) is 0 Å². The Morgan fingerprint density at radius 2 is 1.86 bits per heavy atom. The number of nitrogens with zero attached hydrogens (tertiary/aromatic N) is 2. The fourth-order valence-corrected chi connectivity index (χ4v) is 0.737. The fraction of sp³-hybridized carbons (Fsp3) is 0.667. The van der Waals surface area contributed by atoms with Gasteiger partial charge in [-0.2, -0.15) is 18.3 Å². The van der Waals surface area contributed by atoms with E-state index in [4.69, 9.17) is 0 Å². The maximum absolute atomic E-state index is 11.7. The molecule has 0 fully saturated rings. The van der Waals surface area contributed by atoms with Gasteiger partial charge in [0, 0.05) is 6.20 Å². The minimum atomic E-state index is -4.18. The van der Waals surface area contributed by atoms with Crippen LogP contribution in [0, 0.1) is 6.92 Å². The molecule has 0 aliphatic rings. The van der Waals surface area contributed by atoms with E-state index in [-0.39, 0.29) is 0 Å². The van der Waals surface area contributed by atoms with E-state index in [2.05, 4.69) is 18.9 Å². The summed E-state index contributed by atoms with van der Waals surface area (Å²) in [6, 6.07) is 0. The molecule has 1 aromatic heterocycles. The van der Waals surface area contributed by atoms with Crippen LogP contribution in [0.25, 0.3) is 0 Å². The Hall–Kier alpha value is -1.00. The topological polar surface area (TPSA) is 17.8 Å². The van der Waals surface area contributed by atoms with Gasteiger partial charge in [0.25, 0.3) is 0 Å². The molecule has 1 aromatic rings. The smallest absolute Gasteiger partial charge is 0.263 e. The SMILES string of the molecule is CCC.Cc1cnn(CC(F)(F)F)c1. The summed E-state index contributed by atoms with van der Waals surface area (Å²) in [5.74, 6) is 0. The molecule has 0 aromatic carbocycles. The number of aryl methyl sites for hydroxylation is 1. The Bertz CT molecular complexity index is 253. The molecule has 1 heterocycles. The summed E-state index contributed by atoms with van der Waals surface area (Å²) in [5.41, 5.74) is 0.731. The van der Waals surface area contributed by atoms with Crippen molar-refractivity contribution in [2.24, 2.45) is 0 Å². The van der Waals surface area contributed by atoms with Crippen molar-refractivity contribution in [1.82, 2.24) is 9.78 Å². The quantitative estimate of drug-likeness (QED) is 0.693. The molecule has 0 unspecified atom stereocenters. The second-order valence-electron chi connectivity index (χ2n) is 3.04. The summed E-state index contributed by atoms with van der Waals surface area (Å²) in [6.07, 6.45) is -0.183. The Morgan fingerprint density at radius 1 is 1.36 bits per heavy atom. The summed E-state index contributed by atoms with van der Waals surface area (Å²) >= 11 is 0. The Balaban J connectivity index is 0.000000500. The van der Waals surface area contributed by atoms with Crippen LogP contribution >= 0.6 is 0 Å². The van der Waals surface area contributed by atoms with Crippen LogP contribution in [0.2, 0.25) is 0 Å². The van der Waals surface area contributed by atoms with Crippen molar-refractivity contribution in [3.05, 3.63) is 18.0 Å². The number of hydrogen-bond donors (Lipinski definition) is 0. The average molecular weight is 208 g/mol. The first kappa shape index (κ1) is 13.0. The number of hydrogen-bond acceptors (Lipinski definition) is 1. The van der Waals surface area contributed by atoms with E-state index >= 15 is 0 Å². The van der Waals surface area contributed by atoms with E-state index < -0.39 is 12.7 Å². The molecular formula is C9H15F3N2. The van der Waals surface area contributed by atoms with Gasteiger partial charge in [-0.05, 0) is 12.5 Å². The third-order valence-electron chi connectivity index (χ3n) is 1.10. The maximum Gasteiger partial charge on any atom is 0.408 e. The van der Waals surface area contributed by atoms with Crippen LogP contribution in [0.15, 0.2) is 12.4 Å². The summed E-state index contributed by atoms with van der Waals surface area (Å²) in [7, 11) is 0. The van der Waals surface area contributed by atoms with Crippen molar-refractivity contribution in [2.45, 2.75) is 39.9 Å². The van der Waals surface area contributed by atoms with Gasteiger partial charge in [0.15, 0.2) is 0 Å². The van der Waals surface area contributed by atoms with Crippen LogP contribution in [0.3, 0.4) is 0 Å². The molecule has 0 radical (unpaired) electrons. The summed E-state index contributed by atoms with van der Waals surface area (Å²) in [4.78, 5) is 0. The zero-order valence-electron chi connectivity index (χ0n) is 8.60. The first-order valence-electron chi connectivity index (χ1n) is 4.44. The molecule has 0 amide bonds. The first-order chi connectivity index (χ1) is 6.39. The third-order valence-corrected chi connectivity index (χ3v) is 1.10. The first-order valence-corrected chi connectivity index (χ1v) is 4.44. The molecule has 2 nitrogen and oxygen atoms in total. The molecule has 82 valence electrons. The molecule has 5 heteroatoms. The molecule has 1 rings (SSSR count). The van der Waals surface area contributed by atoms with Gasteiger partial charge in [0.2, 0.25) is 0 Å². The lowest BCUT2D eigenvalue weighted by atomic mass is 10.4. The predicted octanol–water partition coefficient (Wildman–Crippen LogP) is 3.17. The van der Waals surface area contributed by atoms with E-state index in [1.54, 1.807) is 6.92 Å². The van der Waals surface area contributed by atoms with Crippen molar-refractivity contribution in [2.75, 3.05) is 0 Å². The minimum Gasteiger partial charge on any atom is -0.263 e. The van der Waals surface area contributed by atoms with Crippen LogP contribution in [0.4, 0.5) is 13.2 Å². The maximum atomic E-state index is 11.7. The zero-order valence-corrected chi connectivity index (χ0v) is 8.60. The van der Waals surface area contributed by atoms with Crippen molar-refractivity contribution in [1.29, 1.82) is 0 Å². The third kappa shape index (κ3) is 6.51. The molecule has 0 saturated heterocycles. The monoisotopic (exact) mass is 208 g/mol. The highest BCUT2D eigenvalue weighted by Gasteiger charge is 2.28. The zero-order chi connectivity index (χ0) is 11.2. The summed E-state index contributed by atoms with van der Waals surface area (Å²) < 4.78 is 35.9. The second kappa shape index (κ2) is 5.67. The van der Waals surface area contributed by atoms with Crippen LogP contribution < -0.4 is 0 Å². The lowest BCUT2D eigenvalue weighted by Gasteiger charge is -2.04. The fourth-order valence-electron chi connectivity index (χ4n) is 0.737. The number of alkyl halides is 3. The van der Waals surface area contributed by atoms with Crippen LogP contribution in [-0.2, 0) is 6.54 Å². The van der Waals surface area contributed by atoms with Gasteiger partial charge >= 0.3 is 6.18 Å². The molecule has 14 heavy (non-hydrogen) atoms. The van der Waals surface area contributed by atoms with E-state index in [0.717, 1.165) is 10.2 Å². The van der Waals surface area contributed by atoms with Crippen LogP contribution in [0.1, 0.15) is 25.8 Å². The van der Waals surface area contributed by atoms with Gasteiger partial charge in [-0.15, -0.1) is 0 Å². The summed E-state index contributed by atoms with van der Waals surface area (Å²) in [5, 5.41) is 3.50. The average Bonchev–Trinajstić information content (AvgIpc) is 2.33. The molecule has 0 saturated carbocycles. The van der Waals surface area contributed by atoms with Gasteiger partial charge in [-0.25, -0.2) is 0 Å². The Kier molecular flexibility index (Phi) is 5.27. The number of aromatic nitrogens is 2. The summed E-state index contributed by atoms with van der Waals surface area (Å²) in [6.45, 7) is 4.93. The van der Waals surface area contributed by atoms with Crippen molar-refractivity contribution in [3.8, 4) is 0 Å². The molecule has 0 bridgehead atoms. The highest BCUT2D eigenvalue weighted by molar-refractivity contribution is 4.99. The standard InChI is InChI=1S/C6H7F3N2.C3H8/c1-5-2-10-11(3-5)4-6(7,8)9;1-3-2/h2-3H,4H2,1H3;3H2,1-2H3. The minimum absolute atomic E-state index is 0.731. The molecule has 0 aliphatic heterocycles. The second-order valence-corrected chi connectivity index (χ2v) is 3.04. The van der Waals surface area contributed by atoms with Gasteiger partial charge in [0.05, 0.1) is 6.20 Å². The molecular weight excluding hydrogens is 193 g/mol.